The van der Waals surface area contributed by atoms with Crippen LogP contribution in [0.4, 0.5) is 13.2 Å². The maximum Gasteiger partial charge on any atom is 0.184 e. The Morgan fingerprint density at radius 3 is 2.30 bits per heavy atom. The van der Waals surface area contributed by atoms with Gasteiger partial charge in [-0.05, 0) is 24.3 Å². The Morgan fingerprint density at radius 2 is 1.70 bits per heavy atom. The Balaban J connectivity index is 2.42. The van der Waals surface area contributed by atoms with Gasteiger partial charge in [0.2, 0.25) is 0 Å². The molecule has 0 aliphatic heterocycles. The average Bonchev–Trinajstić information content (AvgIpc) is 2.44. The first-order valence-electron chi connectivity index (χ1n) is 5.68. The molecule has 0 aromatic heterocycles. The number of rotatable bonds is 3. The van der Waals surface area contributed by atoms with Crippen LogP contribution < -0.4 is 0 Å². The van der Waals surface area contributed by atoms with Crippen LogP contribution in [0.5, 0.6) is 0 Å². The van der Waals surface area contributed by atoms with Crippen LogP contribution in [-0.4, -0.2) is 5.78 Å². The average molecular weight is 275 g/mol. The molecular formula is C15H8F3NO. The Kier molecular flexibility index (Phi) is 3.85. The van der Waals surface area contributed by atoms with Crippen molar-refractivity contribution >= 4 is 5.78 Å². The molecule has 0 aliphatic carbocycles. The van der Waals surface area contributed by atoms with Crippen molar-refractivity contribution in [3.8, 4) is 6.07 Å². The molecule has 0 aliphatic rings. The highest BCUT2D eigenvalue weighted by Crippen LogP contribution is 2.23. The summed E-state index contributed by atoms with van der Waals surface area (Å²) in [5.74, 6) is -5.17. The predicted molar refractivity (Wildman–Crippen MR) is 65.4 cm³/mol. The van der Waals surface area contributed by atoms with Crippen molar-refractivity contribution in [1.82, 2.24) is 0 Å². The minimum Gasteiger partial charge on any atom is -0.292 e. The Hall–Kier alpha value is -2.61. The van der Waals surface area contributed by atoms with Gasteiger partial charge in [-0.2, -0.15) is 5.26 Å². The van der Waals surface area contributed by atoms with E-state index in [2.05, 4.69) is 0 Å². The molecule has 0 amide bonds. The molecule has 2 aromatic rings. The smallest absolute Gasteiger partial charge is 0.184 e. The van der Waals surface area contributed by atoms with E-state index >= 15 is 0 Å². The molecule has 0 fully saturated rings. The maximum absolute atomic E-state index is 13.6. The standard InChI is InChI=1S/C15H8F3NO/c16-12-4-2-1-3-10(12)11(8-19)15(20)9-5-6-13(17)14(18)7-9/h1-7,11H. The van der Waals surface area contributed by atoms with Crippen molar-refractivity contribution in [3.63, 3.8) is 0 Å². The first-order chi connectivity index (χ1) is 9.54. The van der Waals surface area contributed by atoms with Crippen LogP contribution >= 0.6 is 0 Å². The molecule has 5 heteroatoms. The van der Waals surface area contributed by atoms with E-state index in [0.717, 1.165) is 18.2 Å². The predicted octanol–water partition coefficient (Wildman–Crippen LogP) is 3.59. The van der Waals surface area contributed by atoms with Crippen LogP contribution in [0.3, 0.4) is 0 Å². The molecular weight excluding hydrogens is 267 g/mol. The fourth-order valence-electron chi connectivity index (χ4n) is 1.79. The van der Waals surface area contributed by atoms with Crippen LogP contribution in [-0.2, 0) is 0 Å². The summed E-state index contributed by atoms with van der Waals surface area (Å²) in [5.41, 5.74) is -0.275. The van der Waals surface area contributed by atoms with Crippen LogP contribution in [0.15, 0.2) is 42.5 Å². The summed E-state index contributed by atoms with van der Waals surface area (Å²) in [6.45, 7) is 0. The van der Waals surface area contributed by atoms with Gasteiger partial charge in [-0.1, -0.05) is 18.2 Å². The number of nitriles is 1. The first kappa shape index (κ1) is 13.8. The van der Waals surface area contributed by atoms with Crippen molar-refractivity contribution < 1.29 is 18.0 Å². The SMILES string of the molecule is N#CC(C(=O)c1ccc(F)c(F)c1)c1ccccc1F. The van der Waals surface area contributed by atoms with Crippen LogP contribution in [0.25, 0.3) is 0 Å². The Morgan fingerprint density at radius 1 is 1.00 bits per heavy atom. The van der Waals surface area contributed by atoms with Gasteiger partial charge in [-0.15, -0.1) is 0 Å². The first-order valence-corrected chi connectivity index (χ1v) is 5.68. The summed E-state index contributed by atoms with van der Waals surface area (Å²) in [6.07, 6.45) is 0. The van der Waals surface area contributed by atoms with Gasteiger partial charge in [0.1, 0.15) is 11.7 Å². The minimum absolute atomic E-state index is 0.0928. The highest BCUT2D eigenvalue weighted by atomic mass is 19.2. The number of hydrogen-bond acceptors (Lipinski definition) is 2. The maximum atomic E-state index is 13.6. The highest BCUT2D eigenvalue weighted by Gasteiger charge is 2.25. The molecule has 0 radical (unpaired) electrons. The lowest BCUT2D eigenvalue weighted by Gasteiger charge is -2.09. The monoisotopic (exact) mass is 275 g/mol. The number of carbonyl (C=O) groups excluding carboxylic acids is 1. The molecule has 0 bridgehead atoms. The molecule has 0 spiro atoms. The third-order valence-corrected chi connectivity index (χ3v) is 2.81. The van der Waals surface area contributed by atoms with E-state index in [9.17, 15) is 18.0 Å². The minimum atomic E-state index is -1.40. The summed E-state index contributed by atoms with van der Waals surface area (Å²) in [4.78, 5) is 12.1. The van der Waals surface area contributed by atoms with Crippen LogP contribution in [0, 0.1) is 28.8 Å². The van der Waals surface area contributed by atoms with Crippen molar-refractivity contribution in [2.75, 3.05) is 0 Å². The van der Waals surface area contributed by atoms with Crippen molar-refractivity contribution in [2.45, 2.75) is 5.92 Å². The summed E-state index contributed by atoms with van der Waals surface area (Å²) < 4.78 is 39.5. The molecule has 2 aromatic carbocycles. The van der Waals surface area contributed by atoms with Gasteiger partial charge in [0.25, 0.3) is 0 Å². The fourth-order valence-corrected chi connectivity index (χ4v) is 1.79. The van der Waals surface area contributed by atoms with Crippen LogP contribution in [0.2, 0.25) is 0 Å². The van der Waals surface area contributed by atoms with Crippen molar-refractivity contribution in [2.24, 2.45) is 0 Å². The molecule has 0 heterocycles. The lowest BCUT2D eigenvalue weighted by molar-refractivity contribution is 0.0977. The van der Waals surface area contributed by atoms with Gasteiger partial charge in [-0.3, -0.25) is 4.79 Å². The lowest BCUT2D eigenvalue weighted by Crippen LogP contribution is -2.13. The Bertz CT molecular complexity index is 707. The molecule has 2 nitrogen and oxygen atoms in total. The summed E-state index contributed by atoms with van der Waals surface area (Å²) >= 11 is 0. The van der Waals surface area contributed by atoms with E-state index in [4.69, 9.17) is 5.26 Å². The van der Waals surface area contributed by atoms with Crippen LogP contribution in [0.1, 0.15) is 21.8 Å². The number of nitrogens with zero attached hydrogens (tertiary/aromatic N) is 1. The summed E-state index contributed by atoms with van der Waals surface area (Å²) in [6, 6.07) is 9.58. The zero-order valence-corrected chi connectivity index (χ0v) is 10.1. The molecule has 1 atom stereocenters. The number of Topliss-reactive ketones (excluding diaryl/α,β-unsaturated/α-hetero) is 1. The Labute approximate surface area is 113 Å². The lowest BCUT2D eigenvalue weighted by atomic mass is 9.91. The van der Waals surface area contributed by atoms with E-state index < -0.39 is 29.2 Å². The van der Waals surface area contributed by atoms with E-state index in [1.807, 2.05) is 0 Å². The van der Waals surface area contributed by atoms with Crippen molar-refractivity contribution in [3.05, 3.63) is 71.0 Å². The third-order valence-electron chi connectivity index (χ3n) is 2.81. The van der Waals surface area contributed by atoms with Gasteiger partial charge in [0.05, 0.1) is 6.07 Å². The normalized spacial score (nSPS) is 11.7. The quantitative estimate of drug-likeness (QED) is 0.803. The summed E-state index contributed by atoms with van der Waals surface area (Å²) in [7, 11) is 0. The highest BCUT2D eigenvalue weighted by molar-refractivity contribution is 6.02. The number of carbonyl (C=O) groups is 1. The molecule has 20 heavy (non-hydrogen) atoms. The molecule has 2 rings (SSSR count). The van der Waals surface area contributed by atoms with Gasteiger partial charge in [0, 0.05) is 11.1 Å². The number of ketones is 1. The zero-order valence-electron chi connectivity index (χ0n) is 10.1. The fraction of sp³-hybridized carbons (Fsp3) is 0.0667. The number of benzene rings is 2. The molecule has 0 saturated carbocycles. The number of halogens is 3. The second kappa shape index (κ2) is 5.57. The topological polar surface area (TPSA) is 40.9 Å². The van der Waals surface area contributed by atoms with Gasteiger partial charge in [0.15, 0.2) is 17.4 Å². The van der Waals surface area contributed by atoms with E-state index in [0.29, 0.717) is 6.07 Å². The van der Waals surface area contributed by atoms with E-state index in [1.165, 1.54) is 18.2 Å². The molecule has 0 saturated heterocycles. The zero-order chi connectivity index (χ0) is 14.7. The number of hydrogen-bond donors (Lipinski definition) is 0. The second-order valence-corrected chi connectivity index (χ2v) is 4.08. The van der Waals surface area contributed by atoms with Gasteiger partial charge in [-0.25, -0.2) is 13.2 Å². The second-order valence-electron chi connectivity index (χ2n) is 4.08. The molecule has 1 unspecified atom stereocenters. The molecule has 0 N–H and O–H groups in total. The largest absolute Gasteiger partial charge is 0.292 e. The third kappa shape index (κ3) is 2.54. The van der Waals surface area contributed by atoms with E-state index in [-0.39, 0.29) is 11.1 Å². The van der Waals surface area contributed by atoms with Gasteiger partial charge < -0.3 is 0 Å². The van der Waals surface area contributed by atoms with Crippen molar-refractivity contribution in [1.29, 1.82) is 5.26 Å². The van der Waals surface area contributed by atoms with Gasteiger partial charge >= 0.3 is 0 Å². The summed E-state index contributed by atoms with van der Waals surface area (Å²) in [5, 5.41) is 9.05. The molecule has 100 valence electrons. The van der Waals surface area contributed by atoms with E-state index in [1.54, 1.807) is 6.07 Å².